The van der Waals surface area contributed by atoms with Gasteiger partial charge in [0.15, 0.2) is 0 Å². The van der Waals surface area contributed by atoms with Crippen molar-refractivity contribution in [1.29, 1.82) is 0 Å². The lowest BCUT2D eigenvalue weighted by Crippen LogP contribution is -2.47. The van der Waals surface area contributed by atoms with Crippen LogP contribution in [0.1, 0.15) is 78.2 Å². The number of aromatic nitrogens is 4. The molecule has 9 heteroatoms. The van der Waals surface area contributed by atoms with Crippen molar-refractivity contribution in [2.45, 2.75) is 76.6 Å². The Bertz CT molecular complexity index is 1440. The number of allylic oxidation sites excluding steroid dienone is 1. The van der Waals surface area contributed by atoms with Gasteiger partial charge >= 0.3 is 0 Å². The maximum atomic E-state index is 14.3. The first-order chi connectivity index (χ1) is 18.8. The summed E-state index contributed by atoms with van der Waals surface area (Å²) in [7, 11) is 1.68. The molecule has 206 valence electrons. The lowest BCUT2D eigenvalue weighted by atomic mass is 9.91. The van der Waals surface area contributed by atoms with Crippen LogP contribution in [-0.4, -0.2) is 61.3 Å². The van der Waals surface area contributed by atoms with Crippen LogP contribution in [0.2, 0.25) is 0 Å². The Morgan fingerprint density at radius 2 is 2.00 bits per heavy atom. The Balaban J connectivity index is 1.58. The number of aliphatic hydroxyl groups is 1. The lowest BCUT2D eigenvalue weighted by Gasteiger charge is -2.37. The smallest absolute Gasteiger partial charge is 0.271 e. The summed E-state index contributed by atoms with van der Waals surface area (Å²) in [6.07, 6.45) is 9.36. The molecule has 1 atom stereocenters. The molecule has 1 aromatic carbocycles. The van der Waals surface area contributed by atoms with E-state index < -0.39 is 0 Å². The summed E-state index contributed by atoms with van der Waals surface area (Å²) in [5.41, 5.74) is 8.27. The number of aliphatic hydroxyl groups excluding tert-OH is 1. The van der Waals surface area contributed by atoms with Crippen molar-refractivity contribution < 1.29 is 14.6 Å². The predicted molar refractivity (Wildman–Crippen MR) is 154 cm³/mol. The van der Waals surface area contributed by atoms with Gasteiger partial charge in [-0.15, -0.1) is 16.9 Å². The highest BCUT2D eigenvalue weighted by atomic mass is 32.2. The zero-order valence-electron chi connectivity index (χ0n) is 23.2. The Hall–Kier alpha value is -3.04. The number of thioether (sulfide) groups is 1. The van der Waals surface area contributed by atoms with Gasteiger partial charge in [-0.1, -0.05) is 11.3 Å². The van der Waals surface area contributed by atoms with Gasteiger partial charge in [0, 0.05) is 42.5 Å². The fourth-order valence-electron chi connectivity index (χ4n) is 6.32. The minimum atomic E-state index is -0.243. The lowest BCUT2D eigenvalue weighted by molar-refractivity contribution is 0.0558. The van der Waals surface area contributed by atoms with E-state index in [1.807, 2.05) is 18.0 Å². The number of nitrogens with zero attached hydrogens (tertiary/aromatic N) is 5. The van der Waals surface area contributed by atoms with Crippen LogP contribution in [0.3, 0.4) is 0 Å². The topological polar surface area (TPSA) is 85.4 Å². The second-order valence-electron chi connectivity index (χ2n) is 11.6. The largest absolute Gasteiger partial charge is 0.494 e. The highest BCUT2D eigenvalue weighted by Crippen LogP contribution is 2.50. The van der Waals surface area contributed by atoms with Gasteiger partial charge in [0.1, 0.15) is 17.1 Å². The third-order valence-electron chi connectivity index (χ3n) is 8.15. The summed E-state index contributed by atoms with van der Waals surface area (Å²) in [4.78, 5) is 16.4. The quantitative estimate of drug-likeness (QED) is 0.478. The number of carbonyl (C=O) groups is 1. The van der Waals surface area contributed by atoms with Crippen LogP contribution in [0, 0.1) is 0 Å². The zero-order valence-corrected chi connectivity index (χ0v) is 24.1. The maximum Gasteiger partial charge on any atom is 0.271 e. The molecule has 8 nitrogen and oxygen atoms in total. The zero-order chi connectivity index (χ0) is 27.3. The van der Waals surface area contributed by atoms with Crippen LogP contribution >= 0.6 is 11.8 Å². The first-order valence-corrected chi connectivity index (χ1v) is 14.9. The third-order valence-corrected chi connectivity index (χ3v) is 9.26. The van der Waals surface area contributed by atoms with Crippen LogP contribution in [0.25, 0.3) is 16.9 Å². The van der Waals surface area contributed by atoms with Gasteiger partial charge in [0.25, 0.3) is 5.91 Å². The van der Waals surface area contributed by atoms with Crippen molar-refractivity contribution in [3.05, 3.63) is 57.9 Å². The molecule has 0 saturated heterocycles. The van der Waals surface area contributed by atoms with Gasteiger partial charge in [-0.3, -0.25) is 4.79 Å². The van der Waals surface area contributed by atoms with Crippen molar-refractivity contribution in [2.75, 3.05) is 20.3 Å². The van der Waals surface area contributed by atoms with Crippen molar-refractivity contribution >= 4 is 17.7 Å². The molecule has 3 aliphatic rings. The van der Waals surface area contributed by atoms with E-state index in [1.54, 1.807) is 11.8 Å². The van der Waals surface area contributed by atoms with E-state index in [4.69, 9.17) is 4.74 Å². The molecule has 1 unspecified atom stereocenters. The van der Waals surface area contributed by atoms with E-state index in [1.165, 1.54) is 22.4 Å². The molecule has 0 fully saturated rings. The van der Waals surface area contributed by atoms with Gasteiger partial charge in [-0.05, 0) is 87.1 Å². The van der Waals surface area contributed by atoms with Crippen LogP contribution in [0.5, 0.6) is 5.75 Å². The number of rotatable bonds is 5. The predicted octanol–water partition coefficient (Wildman–Crippen LogP) is 5.10. The molecule has 1 amide bonds. The molecule has 0 radical (unpaired) electrons. The standard InChI is InChI=1S/C30H37N5O3S/c1-30(2,3)34-12-6-5-8-21-26(25-9-7-15-39-25)27-22-17-23(35-18-20(11-14-36)31-32-35)24(38-4)16-19(22)10-13-33(27)28(21)29(34)37/h7,15-18,25,36H,5-6,8-14H2,1-4H3. The molecule has 5 heterocycles. The molecule has 0 aliphatic carbocycles. The summed E-state index contributed by atoms with van der Waals surface area (Å²) in [6.45, 7) is 8.00. The van der Waals surface area contributed by atoms with Crippen LogP contribution in [0.4, 0.5) is 0 Å². The second kappa shape index (κ2) is 10.2. The highest BCUT2D eigenvalue weighted by molar-refractivity contribution is 8.02. The molecule has 2 aromatic heterocycles. The Labute approximate surface area is 234 Å². The second-order valence-corrected chi connectivity index (χ2v) is 12.7. The maximum absolute atomic E-state index is 14.3. The average molecular weight is 548 g/mol. The van der Waals surface area contributed by atoms with Crippen molar-refractivity contribution in [2.24, 2.45) is 0 Å². The number of ether oxygens (including phenoxy) is 1. The molecule has 0 saturated carbocycles. The molecule has 6 rings (SSSR count). The summed E-state index contributed by atoms with van der Waals surface area (Å²) in [6, 6.07) is 4.28. The molecule has 39 heavy (non-hydrogen) atoms. The summed E-state index contributed by atoms with van der Waals surface area (Å²) >= 11 is 1.86. The summed E-state index contributed by atoms with van der Waals surface area (Å²) < 4.78 is 9.88. The van der Waals surface area contributed by atoms with Crippen molar-refractivity contribution in [3.8, 4) is 22.7 Å². The van der Waals surface area contributed by atoms with E-state index in [2.05, 4.69) is 64.2 Å². The van der Waals surface area contributed by atoms with Crippen LogP contribution in [0.15, 0.2) is 29.8 Å². The number of benzene rings is 1. The van der Waals surface area contributed by atoms with Gasteiger partial charge in [-0.25, -0.2) is 4.68 Å². The number of amides is 1. The average Bonchev–Trinajstić information content (AvgIpc) is 3.64. The number of hydrogen-bond donors (Lipinski definition) is 1. The summed E-state index contributed by atoms with van der Waals surface area (Å²) in [5.74, 6) is 0.892. The number of fused-ring (bicyclic) bond motifs is 5. The molecular weight excluding hydrogens is 510 g/mol. The van der Waals surface area contributed by atoms with E-state index in [9.17, 15) is 9.90 Å². The molecule has 1 N–H and O–H groups in total. The molecule has 0 bridgehead atoms. The third kappa shape index (κ3) is 4.49. The van der Waals surface area contributed by atoms with E-state index in [-0.39, 0.29) is 18.1 Å². The van der Waals surface area contributed by atoms with Crippen LogP contribution < -0.4 is 4.74 Å². The van der Waals surface area contributed by atoms with E-state index in [0.29, 0.717) is 11.7 Å². The van der Waals surface area contributed by atoms with E-state index in [0.717, 1.165) is 73.6 Å². The normalized spacial score (nSPS) is 18.9. The summed E-state index contributed by atoms with van der Waals surface area (Å²) in [5, 5.41) is 20.5. The van der Waals surface area contributed by atoms with Gasteiger partial charge in [0.05, 0.1) is 24.7 Å². The SMILES string of the molecule is COc1cc2c(cc1-n1cc(CCO)nn1)-c1c(C3CC=CS3)c3c(n1CC2)C(=O)N(C(C)(C)C)CCCC3. The first-order valence-electron chi connectivity index (χ1n) is 13.9. The van der Waals surface area contributed by atoms with Gasteiger partial charge in [-0.2, -0.15) is 0 Å². The van der Waals surface area contributed by atoms with Crippen LogP contribution in [-0.2, 0) is 25.8 Å². The molecule has 3 aromatic rings. The fraction of sp³-hybridized carbons (Fsp3) is 0.500. The number of aryl methyl sites for hydroxylation is 1. The molecule has 3 aliphatic heterocycles. The number of carbonyl (C=O) groups excluding carboxylic acids is 1. The molecule has 0 spiro atoms. The monoisotopic (exact) mass is 547 g/mol. The van der Waals surface area contributed by atoms with Crippen molar-refractivity contribution in [3.63, 3.8) is 0 Å². The Morgan fingerprint density at radius 1 is 1.15 bits per heavy atom. The Kier molecular flexibility index (Phi) is 6.83. The minimum absolute atomic E-state index is 0.0230. The first kappa shape index (κ1) is 26.2. The minimum Gasteiger partial charge on any atom is -0.494 e. The van der Waals surface area contributed by atoms with Crippen molar-refractivity contribution in [1.82, 2.24) is 24.5 Å². The highest BCUT2D eigenvalue weighted by Gasteiger charge is 2.39. The fourth-order valence-corrected chi connectivity index (χ4v) is 7.34. The van der Waals surface area contributed by atoms with Gasteiger partial charge in [0.2, 0.25) is 0 Å². The Morgan fingerprint density at radius 3 is 2.72 bits per heavy atom. The number of hydrogen-bond acceptors (Lipinski definition) is 6. The van der Waals surface area contributed by atoms with E-state index >= 15 is 0 Å². The number of methoxy groups -OCH3 is 1. The van der Waals surface area contributed by atoms with Gasteiger partial charge < -0.3 is 19.3 Å². The molecular formula is C30H37N5O3S.